The number of benzene rings is 3. The molecule has 0 atom stereocenters. The highest BCUT2D eigenvalue weighted by Crippen LogP contribution is 2.35. The lowest BCUT2D eigenvalue weighted by atomic mass is 10.1. The Morgan fingerprint density at radius 3 is 2.59 bits per heavy atom. The summed E-state index contributed by atoms with van der Waals surface area (Å²) in [6.45, 7) is 2.66. The summed E-state index contributed by atoms with van der Waals surface area (Å²) in [5.74, 6) is 1.01. The SMILES string of the molecule is COc1cc(/C=C2/SC(=Nc3cccc(C(=O)N4CCOCC4)c3)N(C)C2=O)ccc1OCc1ccccc1. The van der Waals surface area contributed by atoms with Crippen molar-refractivity contribution >= 4 is 40.5 Å². The number of likely N-dealkylation sites (N-methyl/N-ethyl adjacent to an activating group) is 1. The third kappa shape index (κ3) is 6.32. The van der Waals surface area contributed by atoms with E-state index in [-0.39, 0.29) is 11.8 Å². The second-order valence-corrected chi connectivity index (χ2v) is 10.0. The van der Waals surface area contributed by atoms with Crippen LogP contribution >= 0.6 is 11.8 Å². The zero-order valence-electron chi connectivity index (χ0n) is 21.8. The van der Waals surface area contributed by atoms with Gasteiger partial charge in [-0.1, -0.05) is 42.5 Å². The number of carbonyl (C=O) groups is 2. The molecule has 2 aliphatic heterocycles. The highest BCUT2D eigenvalue weighted by Gasteiger charge is 2.30. The Balaban J connectivity index is 1.31. The summed E-state index contributed by atoms with van der Waals surface area (Å²) in [5, 5.41) is 0.539. The van der Waals surface area contributed by atoms with Gasteiger partial charge >= 0.3 is 0 Å². The Labute approximate surface area is 231 Å². The first-order valence-electron chi connectivity index (χ1n) is 12.6. The number of ether oxygens (including phenoxy) is 3. The molecule has 0 bridgehead atoms. The molecule has 39 heavy (non-hydrogen) atoms. The van der Waals surface area contributed by atoms with Gasteiger partial charge in [0.05, 0.1) is 30.9 Å². The monoisotopic (exact) mass is 543 g/mol. The van der Waals surface area contributed by atoms with Crippen LogP contribution in [0.4, 0.5) is 5.69 Å². The van der Waals surface area contributed by atoms with Crippen molar-refractivity contribution in [2.24, 2.45) is 4.99 Å². The maximum absolute atomic E-state index is 13.0. The molecule has 0 spiro atoms. The molecule has 0 aromatic heterocycles. The lowest BCUT2D eigenvalue weighted by Gasteiger charge is -2.26. The van der Waals surface area contributed by atoms with Crippen LogP contribution in [0.1, 0.15) is 21.5 Å². The van der Waals surface area contributed by atoms with Crippen LogP contribution < -0.4 is 9.47 Å². The third-order valence-corrected chi connectivity index (χ3v) is 7.40. The molecule has 2 saturated heterocycles. The van der Waals surface area contributed by atoms with Crippen LogP contribution in [0.2, 0.25) is 0 Å². The number of amides is 2. The second kappa shape index (κ2) is 12.2. The summed E-state index contributed by atoms with van der Waals surface area (Å²) < 4.78 is 16.8. The summed E-state index contributed by atoms with van der Waals surface area (Å²) >= 11 is 1.29. The number of methoxy groups -OCH3 is 1. The van der Waals surface area contributed by atoms with Crippen molar-refractivity contribution in [3.05, 3.63) is 94.4 Å². The van der Waals surface area contributed by atoms with Crippen LogP contribution in [0.15, 0.2) is 82.7 Å². The topological polar surface area (TPSA) is 80.7 Å². The van der Waals surface area contributed by atoms with E-state index >= 15 is 0 Å². The van der Waals surface area contributed by atoms with Gasteiger partial charge in [0.2, 0.25) is 0 Å². The molecule has 2 amide bonds. The number of hydrogen-bond donors (Lipinski definition) is 0. The quantitative estimate of drug-likeness (QED) is 0.391. The van der Waals surface area contributed by atoms with E-state index < -0.39 is 0 Å². The number of aliphatic imine (C=N–C) groups is 1. The standard InChI is InChI=1S/C30H29N3O5S/c1-32-29(35)27(18-22-11-12-25(26(17-22)36-2)38-20-21-7-4-3-5-8-21)39-30(32)31-24-10-6-9-23(19-24)28(34)33-13-15-37-16-14-33/h3-12,17-19H,13-16,20H2,1-2H3/b27-18+,31-30?. The van der Waals surface area contributed by atoms with Gasteiger partial charge in [-0.15, -0.1) is 0 Å². The molecule has 0 saturated carbocycles. The van der Waals surface area contributed by atoms with Crippen LogP contribution in [0, 0.1) is 0 Å². The molecule has 2 fully saturated rings. The van der Waals surface area contributed by atoms with Gasteiger partial charge in [-0.2, -0.15) is 0 Å². The molecule has 0 unspecified atom stereocenters. The smallest absolute Gasteiger partial charge is 0.266 e. The normalized spacial score (nSPS) is 17.6. The minimum atomic E-state index is -0.150. The fourth-order valence-electron chi connectivity index (χ4n) is 4.20. The number of carbonyl (C=O) groups excluding carboxylic acids is 2. The Morgan fingerprint density at radius 2 is 1.82 bits per heavy atom. The van der Waals surface area contributed by atoms with E-state index in [1.54, 1.807) is 37.3 Å². The minimum Gasteiger partial charge on any atom is -0.493 e. The molecule has 0 radical (unpaired) electrons. The van der Waals surface area contributed by atoms with Crippen molar-refractivity contribution in [1.29, 1.82) is 0 Å². The summed E-state index contributed by atoms with van der Waals surface area (Å²) in [4.78, 5) is 34.4. The molecule has 2 heterocycles. The first kappa shape index (κ1) is 26.5. The summed E-state index contributed by atoms with van der Waals surface area (Å²) in [5.41, 5.74) is 3.04. The van der Waals surface area contributed by atoms with Crippen molar-refractivity contribution in [2.75, 3.05) is 40.5 Å². The van der Waals surface area contributed by atoms with Gasteiger partial charge in [0.25, 0.3) is 11.8 Å². The van der Waals surface area contributed by atoms with Crippen molar-refractivity contribution in [3.63, 3.8) is 0 Å². The predicted octanol–water partition coefficient (Wildman–Crippen LogP) is 4.98. The van der Waals surface area contributed by atoms with Crippen molar-refractivity contribution < 1.29 is 23.8 Å². The number of thioether (sulfide) groups is 1. The number of amidine groups is 1. The van der Waals surface area contributed by atoms with Crippen LogP contribution in [0.25, 0.3) is 6.08 Å². The predicted molar refractivity (Wildman–Crippen MR) is 152 cm³/mol. The highest BCUT2D eigenvalue weighted by molar-refractivity contribution is 8.18. The number of hydrogen-bond acceptors (Lipinski definition) is 7. The van der Waals surface area contributed by atoms with Crippen LogP contribution in [0.3, 0.4) is 0 Å². The Kier molecular flexibility index (Phi) is 8.29. The fraction of sp³-hybridized carbons (Fsp3) is 0.233. The van der Waals surface area contributed by atoms with E-state index in [9.17, 15) is 9.59 Å². The Bertz CT molecular complexity index is 1420. The van der Waals surface area contributed by atoms with E-state index in [1.165, 1.54) is 16.7 Å². The van der Waals surface area contributed by atoms with Gasteiger partial charge in [-0.3, -0.25) is 14.5 Å². The van der Waals surface area contributed by atoms with Crippen molar-refractivity contribution in [2.45, 2.75) is 6.61 Å². The van der Waals surface area contributed by atoms with Crippen LogP contribution in [-0.2, 0) is 16.1 Å². The number of nitrogens with zero attached hydrogens (tertiary/aromatic N) is 3. The van der Waals surface area contributed by atoms with Crippen molar-refractivity contribution in [3.8, 4) is 11.5 Å². The van der Waals surface area contributed by atoms with E-state index in [0.717, 1.165) is 11.1 Å². The second-order valence-electron chi connectivity index (χ2n) is 9.01. The van der Waals surface area contributed by atoms with Gasteiger partial charge in [0, 0.05) is 25.7 Å². The van der Waals surface area contributed by atoms with Crippen molar-refractivity contribution in [1.82, 2.24) is 9.80 Å². The number of rotatable bonds is 7. The minimum absolute atomic E-state index is 0.0467. The number of morpholine rings is 1. The maximum Gasteiger partial charge on any atom is 0.266 e. The van der Waals surface area contributed by atoms with E-state index in [0.29, 0.717) is 65.7 Å². The average molecular weight is 544 g/mol. The molecule has 3 aromatic rings. The Morgan fingerprint density at radius 1 is 1.03 bits per heavy atom. The molecule has 3 aromatic carbocycles. The lowest BCUT2D eigenvalue weighted by molar-refractivity contribution is -0.121. The summed E-state index contributed by atoms with van der Waals surface area (Å²) in [6, 6.07) is 22.6. The highest BCUT2D eigenvalue weighted by atomic mass is 32.2. The van der Waals surface area contributed by atoms with E-state index in [1.807, 2.05) is 60.7 Å². The van der Waals surface area contributed by atoms with Gasteiger partial charge in [-0.05, 0) is 59.3 Å². The summed E-state index contributed by atoms with van der Waals surface area (Å²) in [7, 11) is 3.28. The largest absolute Gasteiger partial charge is 0.493 e. The zero-order valence-corrected chi connectivity index (χ0v) is 22.6. The summed E-state index contributed by atoms with van der Waals surface area (Å²) in [6.07, 6.45) is 1.81. The molecular formula is C30H29N3O5S. The zero-order chi connectivity index (χ0) is 27.2. The van der Waals surface area contributed by atoms with E-state index in [4.69, 9.17) is 14.2 Å². The molecule has 8 nitrogen and oxygen atoms in total. The van der Waals surface area contributed by atoms with Gasteiger partial charge in [0.15, 0.2) is 16.7 Å². The molecule has 200 valence electrons. The molecule has 0 N–H and O–H groups in total. The van der Waals surface area contributed by atoms with Gasteiger partial charge < -0.3 is 19.1 Å². The van der Waals surface area contributed by atoms with E-state index in [2.05, 4.69) is 4.99 Å². The molecule has 9 heteroatoms. The van der Waals surface area contributed by atoms with Crippen LogP contribution in [0.5, 0.6) is 11.5 Å². The lowest BCUT2D eigenvalue weighted by Crippen LogP contribution is -2.40. The first-order valence-corrected chi connectivity index (χ1v) is 13.4. The van der Waals surface area contributed by atoms with Gasteiger partial charge in [0.1, 0.15) is 6.61 Å². The average Bonchev–Trinajstić information content (AvgIpc) is 3.24. The fourth-order valence-corrected chi connectivity index (χ4v) is 5.19. The molecule has 5 rings (SSSR count). The molecule has 2 aliphatic rings. The Hall–Kier alpha value is -4.08. The molecular weight excluding hydrogens is 514 g/mol. The molecule has 0 aliphatic carbocycles. The maximum atomic E-state index is 13.0. The first-order chi connectivity index (χ1) is 19.0. The third-order valence-electron chi connectivity index (χ3n) is 6.34. The van der Waals surface area contributed by atoms with Crippen LogP contribution in [-0.4, -0.2) is 67.2 Å². The van der Waals surface area contributed by atoms with Gasteiger partial charge in [-0.25, -0.2) is 4.99 Å².